The summed E-state index contributed by atoms with van der Waals surface area (Å²) in [6.07, 6.45) is -1.27. The fraction of sp³-hybridized carbons (Fsp3) is 0.774. The number of rotatable bonds is 19. The van der Waals surface area contributed by atoms with Crippen LogP contribution in [0.4, 0.5) is 0 Å². The molecule has 0 amide bonds. The minimum atomic E-state index is -4.29. The molecule has 0 aliphatic carbocycles. The third kappa shape index (κ3) is 9.93. The first-order valence-corrected chi connectivity index (χ1v) is 18.2. The standard InChI is InChI=1S/C31H53N6O10P/c1-10-13-45-27-24-26(33-20(8)34-27)37(17-32-24)30-31(9,41)25(38)23(47-30)16-46-48(42,35-21(14-18(4)5)28(39)43-11-2)36-22(15-19(6)7)29(40)44-12-3/h17-19,21-23,25,30,38,41H,10-16H2,1-9H3,(H2,35,36,42)/t21-,22-,23+,25?,30+,31-/m0/s1. The molecule has 16 nitrogen and oxygen atoms in total. The lowest BCUT2D eigenvalue weighted by Gasteiger charge is -2.30. The molecule has 48 heavy (non-hydrogen) atoms. The second-order valence-corrected chi connectivity index (χ2v) is 14.8. The number of nitrogens with one attached hydrogen (secondary N) is 2. The van der Waals surface area contributed by atoms with Crippen molar-refractivity contribution in [2.24, 2.45) is 11.8 Å². The van der Waals surface area contributed by atoms with Gasteiger partial charge in [-0.1, -0.05) is 34.6 Å². The maximum atomic E-state index is 14.6. The number of aryl methyl sites for hydroxylation is 1. The molecule has 1 unspecified atom stereocenters. The number of hydrogen-bond donors (Lipinski definition) is 4. The number of fused-ring (bicyclic) bond motifs is 1. The molecule has 272 valence electrons. The lowest BCUT2D eigenvalue weighted by Crippen LogP contribution is -2.47. The summed E-state index contributed by atoms with van der Waals surface area (Å²) < 4.78 is 44.4. The van der Waals surface area contributed by atoms with Crippen molar-refractivity contribution in [1.82, 2.24) is 29.7 Å². The molecule has 0 spiro atoms. The molecule has 0 radical (unpaired) electrons. The van der Waals surface area contributed by atoms with Gasteiger partial charge in [0.15, 0.2) is 17.4 Å². The molecule has 0 saturated carbocycles. The zero-order valence-corrected chi connectivity index (χ0v) is 30.4. The van der Waals surface area contributed by atoms with E-state index in [-0.39, 0.29) is 43.8 Å². The number of aliphatic hydroxyl groups excluding tert-OH is 1. The maximum absolute atomic E-state index is 14.6. The van der Waals surface area contributed by atoms with E-state index in [0.29, 0.717) is 23.6 Å². The minimum Gasteiger partial charge on any atom is -0.476 e. The van der Waals surface area contributed by atoms with Gasteiger partial charge in [0.05, 0.1) is 32.8 Å². The quantitative estimate of drug-likeness (QED) is 0.123. The molecule has 2 aromatic rings. The van der Waals surface area contributed by atoms with Crippen LogP contribution in [0.25, 0.3) is 11.2 Å². The van der Waals surface area contributed by atoms with E-state index in [1.54, 1.807) is 20.8 Å². The number of aliphatic hydroxyl groups is 2. The van der Waals surface area contributed by atoms with E-state index in [1.165, 1.54) is 17.8 Å². The van der Waals surface area contributed by atoms with Crippen molar-refractivity contribution in [2.75, 3.05) is 26.4 Å². The van der Waals surface area contributed by atoms with E-state index in [9.17, 15) is 24.4 Å². The van der Waals surface area contributed by atoms with Crippen molar-refractivity contribution in [3.05, 3.63) is 12.2 Å². The average molecular weight is 701 g/mol. The Morgan fingerprint density at radius 1 is 1.04 bits per heavy atom. The number of carbonyl (C=O) groups excluding carboxylic acids is 2. The molecule has 3 rings (SSSR count). The Morgan fingerprint density at radius 2 is 1.60 bits per heavy atom. The summed E-state index contributed by atoms with van der Waals surface area (Å²) in [5.41, 5.74) is -1.21. The number of hydrogen-bond acceptors (Lipinski definition) is 13. The fourth-order valence-corrected chi connectivity index (χ4v) is 7.20. The highest BCUT2D eigenvalue weighted by molar-refractivity contribution is 7.54. The van der Waals surface area contributed by atoms with Crippen molar-refractivity contribution in [2.45, 2.75) is 118 Å². The van der Waals surface area contributed by atoms with Gasteiger partial charge in [-0.15, -0.1) is 0 Å². The number of aromatic nitrogens is 4. The number of imidazole rings is 1. The Hall–Kier alpha value is -2.72. The Bertz CT molecular complexity index is 1380. The molecule has 0 aromatic carbocycles. The molecule has 1 aliphatic rings. The number of ether oxygens (including phenoxy) is 4. The number of esters is 2. The first kappa shape index (κ1) is 39.7. The highest BCUT2D eigenvalue weighted by Crippen LogP contribution is 2.45. The Kier molecular flexibility index (Phi) is 14.3. The molecule has 1 saturated heterocycles. The minimum absolute atomic E-state index is 0.00180. The zero-order valence-electron chi connectivity index (χ0n) is 29.5. The number of nitrogens with zero attached hydrogens (tertiary/aromatic N) is 4. The van der Waals surface area contributed by atoms with Gasteiger partial charge in [-0.05, 0) is 58.8 Å². The van der Waals surface area contributed by atoms with E-state index in [2.05, 4.69) is 25.1 Å². The van der Waals surface area contributed by atoms with E-state index in [4.69, 9.17) is 23.5 Å². The van der Waals surface area contributed by atoms with Gasteiger partial charge in [0, 0.05) is 0 Å². The van der Waals surface area contributed by atoms with Crippen LogP contribution in [0.1, 0.15) is 86.7 Å². The first-order valence-electron chi connectivity index (χ1n) is 16.6. The Morgan fingerprint density at radius 3 is 2.10 bits per heavy atom. The van der Waals surface area contributed by atoms with Crippen LogP contribution < -0.4 is 14.9 Å². The lowest BCUT2D eigenvalue weighted by molar-refractivity contribution is -0.146. The molecule has 1 fully saturated rings. The third-order valence-corrected chi connectivity index (χ3v) is 9.40. The van der Waals surface area contributed by atoms with Gasteiger partial charge in [-0.25, -0.2) is 20.1 Å². The van der Waals surface area contributed by atoms with Gasteiger partial charge in [0.1, 0.15) is 35.7 Å². The smallest absolute Gasteiger partial charge is 0.342 e. The first-order chi connectivity index (χ1) is 22.6. The largest absolute Gasteiger partial charge is 0.476 e. The Labute approximate surface area is 282 Å². The summed E-state index contributed by atoms with van der Waals surface area (Å²) in [4.78, 5) is 39.1. The Balaban J connectivity index is 1.94. The third-order valence-electron chi connectivity index (χ3n) is 7.58. The number of carbonyl (C=O) groups is 2. The second-order valence-electron chi connectivity index (χ2n) is 12.9. The van der Waals surface area contributed by atoms with E-state index in [0.717, 1.165) is 6.42 Å². The van der Waals surface area contributed by atoms with Crippen molar-refractivity contribution in [3.8, 4) is 5.88 Å². The summed E-state index contributed by atoms with van der Waals surface area (Å²) in [7, 11) is -4.29. The second kappa shape index (κ2) is 17.3. The topological polar surface area (TPSA) is 205 Å². The predicted molar refractivity (Wildman–Crippen MR) is 176 cm³/mol. The van der Waals surface area contributed by atoms with Gasteiger partial charge in [0.25, 0.3) is 0 Å². The van der Waals surface area contributed by atoms with Crippen LogP contribution in [0.15, 0.2) is 6.33 Å². The summed E-state index contributed by atoms with van der Waals surface area (Å²) in [6.45, 7) is 16.1. The van der Waals surface area contributed by atoms with Gasteiger partial charge in [-0.3, -0.25) is 18.7 Å². The predicted octanol–water partition coefficient (Wildman–Crippen LogP) is 3.19. The van der Waals surface area contributed by atoms with Gasteiger partial charge >= 0.3 is 19.6 Å². The van der Waals surface area contributed by atoms with Gasteiger partial charge < -0.3 is 33.7 Å². The van der Waals surface area contributed by atoms with Crippen LogP contribution in [0.3, 0.4) is 0 Å². The fourth-order valence-electron chi connectivity index (χ4n) is 5.38. The van der Waals surface area contributed by atoms with Crippen LogP contribution in [0.5, 0.6) is 5.88 Å². The van der Waals surface area contributed by atoms with Gasteiger partial charge in [0.2, 0.25) is 5.88 Å². The molecule has 0 bridgehead atoms. The van der Waals surface area contributed by atoms with Crippen molar-refractivity contribution in [1.29, 1.82) is 0 Å². The van der Waals surface area contributed by atoms with Crippen molar-refractivity contribution >= 4 is 30.8 Å². The zero-order chi connectivity index (χ0) is 35.8. The van der Waals surface area contributed by atoms with E-state index >= 15 is 0 Å². The molecule has 3 heterocycles. The maximum Gasteiger partial charge on any atom is 0.342 e. The van der Waals surface area contributed by atoms with Crippen LogP contribution in [0.2, 0.25) is 0 Å². The summed E-state index contributed by atoms with van der Waals surface area (Å²) in [6, 6.07) is -2.11. The van der Waals surface area contributed by atoms with Gasteiger partial charge in [-0.2, -0.15) is 4.98 Å². The van der Waals surface area contributed by atoms with E-state index < -0.39 is 62.3 Å². The average Bonchev–Trinajstić information content (AvgIpc) is 3.51. The molecule has 2 aromatic heterocycles. The lowest BCUT2D eigenvalue weighted by atomic mass is 9.96. The summed E-state index contributed by atoms with van der Waals surface area (Å²) in [5, 5.41) is 28.4. The van der Waals surface area contributed by atoms with Crippen LogP contribution in [-0.2, 0) is 32.9 Å². The molecule has 6 atom stereocenters. The van der Waals surface area contributed by atoms with Crippen molar-refractivity contribution < 1.29 is 47.8 Å². The molecule has 17 heteroatoms. The molecule has 4 N–H and O–H groups in total. The molecular weight excluding hydrogens is 647 g/mol. The SMILES string of the molecule is CCCOc1nc(C)nc2c1ncn2[C@@H]1O[C@H](COP(=O)(N[C@@H](CC(C)C)C(=O)OCC)N[C@@H](CC(C)C)C(=O)OCC)C(O)[C@]1(C)O. The van der Waals surface area contributed by atoms with E-state index in [1.807, 2.05) is 34.6 Å². The highest BCUT2D eigenvalue weighted by atomic mass is 31.2. The normalized spacial score (nSPS) is 22.7. The highest BCUT2D eigenvalue weighted by Gasteiger charge is 2.54. The monoisotopic (exact) mass is 700 g/mol. The summed E-state index contributed by atoms with van der Waals surface area (Å²) >= 11 is 0. The van der Waals surface area contributed by atoms with Crippen LogP contribution in [-0.4, -0.2) is 98.0 Å². The van der Waals surface area contributed by atoms with Crippen LogP contribution in [0, 0.1) is 18.8 Å². The molecule has 1 aliphatic heterocycles. The molecular formula is C31H53N6O10P. The summed E-state index contributed by atoms with van der Waals surface area (Å²) in [5.74, 6) is -0.595. The van der Waals surface area contributed by atoms with Crippen LogP contribution >= 0.6 is 7.67 Å². The van der Waals surface area contributed by atoms with Crippen molar-refractivity contribution in [3.63, 3.8) is 0 Å².